The quantitative estimate of drug-likeness (QED) is 0.251. The molecule has 0 atom stereocenters. The van der Waals surface area contributed by atoms with Crippen LogP contribution in [-0.2, 0) is 22.6 Å². The van der Waals surface area contributed by atoms with Crippen LogP contribution in [0.15, 0.2) is 71.9 Å². The van der Waals surface area contributed by atoms with Crippen LogP contribution in [0.5, 0.6) is 5.75 Å². The van der Waals surface area contributed by atoms with E-state index in [1.807, 2.05) is 36.4 Å². The molecule has 0 saturated heterocycles. The molecule has 0 spiro atoms. The summed E-state index contributed by atoms with van der Waals surface area (Å²) in [5.41, 5.74) is 2.82. The summed E-state index contributed by atoms with van der Waals surface area (Å²) in [4.78, 5) is 27.4. The van der Waals surface area contributed by atoms with Crippen molar-refractivity contribution in [2.24, 2.45) is 0 Å². The van der Waals surface area contributed by atoms with Crippen molar-refractivity contribution in [2.75, 3.05) is 23.8 Å². The SMILES string of the molecule is O=C(COc1ccc(Cl)cc1Cl)NCc1nnc(SCC(=O)N2CCc3ccccc32)n1-c1cccc(Cl)c1. The molecule has 200 valence electrons. The molecule has 12 heteroatoms. The standard InChI is InChI=1S/C27H22Cl3N5O3S/c28-18-5-3-6-20(12-18)35-24(14-31-25(36)15-38-23-9-8-19(29)13-21(23)30)32-33-27(35)39-16-26(37)34-11-10-17-4-1-2-7-22(17)34/h1-9,12-13H,10-11,14-16H2,(H,31,36). The van der Waals surface area contributed by atoms with Gasteiger partial charge in [-0.15, -0.1) is 10.2 Å². The average molecular weight is 603 g/mol. The maximum atomic E-state index is 13.1. The summed E-state index contributed by atoms with van der Waals surface area (Å²) in [5.74, 6) is 0.603. The van der Waals surface area contributed by atoms with E-state index in [1.165, 1.54) is 23.4 Å². The Bertz CT molecular complexity index is 1530. The number of hydrogen-bond donors (Lipinski definition) is 1. The smallest absolute Gasteiger partial charge is 0.258 e. The van der Waals surface area contributed by atoms with Crippen molar-refractivity contribution >= 4 is 64.1 Å². The van der Waals surface area contributed by atoms with Crippen LogP contribution >= 0.6 is 46.6 Å². The molecule has 4 aromatic rings. The molecule has 1 aliphatic rings. The van der Waals surface area contributed by atoms with Crippen molar-refractivity contribution in [2.45, 2.75) is 18.1 Å². The van der Waals surface area contributed by atoms with Gasteiger partial charge < -0.3 is 15.0 Å². The van der Waals surface area contributed by atoms with E-state index in [1.54, 1.807) is 33.7 Å². The van der Waals surface area contributed by atoms with E-state index in [2.05, 4.69) is 15.5 Å². The van der Waals surface area contributed by atoms with E-state index in [0.717, 1.165) is 12.1 Å². The number of aromatic nitrogens is 3. The Morgan fingerprint density at radius 2 is 1.79 bits per heavy atom. The number of amides is 2. The van der Waals surface area contributed by atoms with Crippen molar-refractivity contribution in [3.63, 3.8) is 0 Å². The highest BCUT2D eigenvalue weighted by atomic mass is 35.5. The number of thioether (sulfide) groups is 1. The summed E-state index contributed by atoms with van der Waals surface area (Å²) in [7, 11) is 0. The number of rotatable bonds is 9. The highest BCUT2D eigenvalue weighted by Gasteiger charge is 2.25. The van der Waals surface area contributed by atoms with Crippen LogP contribution < -0.4 is 15.0 Å². The van der Waals surface area contributed by atoms with Gasteiger partial charge in [0.25, 0.3) is 5.91 Å². The first-order chi connectivity index (χ1) is 18.9. The lowest BCUT2D eigenvalue weighted by Gasteiger charge is -2.17. The number of para-hydroxylation sites is 1. The molecule has 5 rings (SSSR count). The molecule has 2 heterocycles. The number of hydrogen-bond acceptors (Lipinski definition) is 6. The predicted octanol–water partition coefficient (Wildman–Crippen LogP) is 5.60. The minimum absolute atomic E-state index is 0.0153. The van der Waals surface area contributed by atoms with Gasteiger partial charge in [-0.1, -0.05) is 70.8 Å². The molecule has 1 aromatic heterocycles. The van der Waals surface area contributed by atoms with Crippen LogP contribution in [-0.4, -0.2) is 45.5 Å². The van der Waals surface area contributed by atoms with E-state index < -0.39 is 0 Å². The molecule has 39 heavy (non-hydrogen) atoms. The average Bonchev–Trinajstić information content (AvgIpc) is 3.54. The highest BCUT2D eigenvalue weighted by molar-refractivity contribution is 7.99. The number of nitrogens with zero attached hydrogens (tertiary/aromatic N) is 4. The first-order valence-electron chi connectivity index (χ1n) is 11.9. The number of nitrogens with one attached hydrogen (secondary N) is 1. The molecule has 0 unspecified atom stereocenters. The minimum atomic E-state index is -0.376. The van der Waals surface area contributed by atoms with Crippen molar-refractivity contribution in [1.82, 2.24) is 20.1 Å². The maximum Gasteiger partial charge on any atom is 0.258 e. The molecule has 8 nitrogen and oxygen atoms in total. The first kappa shape index (κ1) is 27.3. The van der Waals surface area contributed by atoms with Gasteiger partial charge in [-0.05, 0) is 54.4 Å². The summed E-state index contributed by atoms with van der Waals surface area (Å²) in [6.45, 7) is 0.477. The minimum Gasteiger partial charge on any atom is -0.482 e. The lowest BCUT2D eigenvalue weighted by molar-refractivity contribution is -0.123. The number of benzene rings is 3. The summed E-state index contributed by atoms with van der Waals surface area (Å²) in [6.07, 6.45) is 0.836. The fraction of sp³-hybridized carbons (Fsp3) is 0.185. The third kappa shape index (κ3) is 6.50. The van der Waals surface area contributed by atoms with Gasteiger partial charge in [0, 0.05) is 22.3 Å². The Hall–Kier alpha value is -3.24. The number of ether oxygens (including phenoxy) is 1. The van der Waals surface area contributed by atoms with Crippen LogP contribution in [0.25, 0.3) is 5.69 Å². The van der Waals surface area contributed by atoms with Crippen molar-refractivity contribution in [3.8, 4) is 11.4 Å². The Morgan fingerprint density at radius 1 is 0.974 bits per heavy atom. The summed E-state index contributed by atoms with van der Waals surface area (Å²) in [6, 6.07) is 19.9. The highest BCUT2D eigenvalue weighted by Crippen LogP contribution is 2.30. The van der Waals surface area contributed by atoms with Gasteiger partial charge >= 0.3 is 0 Å². The number of anilines is 1. The van der Waals surface area contributed by atoms with E-state index in [0.29, 0.717) is 44.0 Å². The second kappa shape index (κ2) is 12.3. The summed E-state index contributed by atoms with van der Waals surface area (Å²) < 4.78 is 7.28. The topological polar surface area (TPSA) is 89.3 Å². The Labute approximate surface area is 244 Å². The van der Waals surface area contributed by atoms with Gasteiger partial charge in [0.05, 0.1) is 23.0 Å². The molecule has 0 radical (unpaired) electrons. The summed E-state index contributed by atoms with van der Waals surface area (Å²) in [5, 5.41) is 13.2. The number of fused-ring (bicyclic) bond motifs is 1. The second-order valence-electron chi connectivity index (χ2n) is 8.57. The normalized spacial score (nSPS) is 12.3. The lowest BCUT2D eigenvalue weighted by Crippen LogP contribution is -2.30. The van der Waals surface area contributed by atoms with Gasteiger partial charge in [0.2, 0.25) is 5.91 Å². The fourth-order valence-electron chi connectivity index (χ4n) is 4.15. The van der Waals surface area contributed by atoms with Crippen LogP contribution in [0, 0.1) is 0 Å². The summed E-state index contributed by atoms with van der Waals surface area (Å²) >= 11 is 19.5. The van der Waals surface area contributed by atoms with E-state index in [9.17, 15) is 9.59 Å². The number of carbonyl (C=O) groups is 2. The van der Waals surface area contributed by atoms with Crippen LogP contribution in [0.2, 0.25) is 15.1 Å². The van der Waals surface area contributed by atoms with Gasteiger partial charge in [-0.2, -0.15) is 0 Å². The molecule has 0 bridgehead atoms. The largest absolute Gasteiger partial charge is 0.482 e. The molecular formula is C27H22Cl3N5O3S. The fourth-order valence-corrected chi connectivity index (χ4v) is 5.64. The van der Waals surface area contributed by atoms with Crippen molar-refractivity contribution < 1.29 is 14.3 Å². The molecule has 1 N–H and O–H groups in total. The van der Waals surface area contributed by atoms with Crippen LogP contribution in [0.1, 0.15) is 11.4 Å². The van der Waals surface area contributed by atoms with Gasteiger partial charge in [0.15, 0.2) is 17.6 Å². The number of carbonyl (C=O) groups excluding carboxylic acids is 2. The molecule has 3 aromatic carbocycles. The Kier molecular flexibility index (Phi) is 8.62. The zero-order valence-corrected chi connectivity index (χ0v) is 23.5. The zero-order valence-electron chi connectivity index (χ0n) is 20.4. The second-order valence-corrected chi connectivity index (χ2v) is 10.8. The Morgan fingerprint density at radius 3 is 2.62 bits per heavy atom. The molecule has 2 amide bonds. The van der Waals surface area contributed by atoms with Crippen LogP contribution in [0.3, 0.4) is 0 Å². The van der Waals surface area contributed by atoms with Crippen molar-refractivity contribution in [1.29, 1.82) is 0 Å². The molecule has 0 aliphatic carbocycles. The first-order valence-corrected chi connectivity index (χ1v) is 14.1. The molecule has 0 saturated carbocycles. The van der Waals surface area contributed by atoms with Gasteiger partial charge in [-0.25, -0.2) is 0 Å². The molecular weight excluding hydrogens is 581 g/mol. The maximum absolute atomic E-state index is 13.1. The number of halogens is 3. The lowest BCUT2D eigenvalue weighted by atomic mass is 10.2. The van der Waals surface area contributed by atoms with Crippen LogP contribution in [0.4, 0.5) is 5.69 Å². The van der Waals surface area contributed by atoms with Gasteiger partial charge in [-0.3, -0.25) is 14.2 Å². The molecule has 1 aliphatic heterocycles. The van der Waals surface area contributed by atoms with E-state index in [4.69, 9.17) is 39.5 Å². The third-order valence-corrected chi connectivity index (χ3v) is 7.66. The predicted molar refractivity (Wildman–Crippen MR) is 153 cm³/mol. The van der Waals surface area contributed by atoms with E-state index >= 15 is 0 Å². The monoisotopic (exact) mass is 601 g/mol. The third-order valence-electron chi connectivity index (χ3n) is 5.98. The van der Waals surface area contributed by atoms with Crippen molar-refractivity contribution in [3.05, 3.63) is 93.2 Å². The van der Waals surface area contributed by atoms with E-state index in [-0.39, 0.29) is 30.7 Å². The Balaban J connectivity index is 1.27. The zero-order chi connectivity index (χ0) is 27.4. The molecule has 0 fully saturated rings. The van der Waals surface area contributed by atoms with Gasteiger partial charge in [0.1, 0.15) is 5.75 Å².